The van der Waals surface area contributed by atoms with Gasteiger partial charge in [-0.3, -0.25) is 4.79 Å². The van der Waals surface area contributed by atoms with Crippen molar-refractivity contribution in [2.24, 2.45) is 11.8 Å². The third kappa shape index (κ3) is 3.62. The molecule has 1 aliphatic carbocycles. The van der Waals surface area contributed by atoms with Crippen molar-refractivity contribution < 1.29 is 18.0 Å². The van der Waals surface area contributed by atoms with E-state index in [4.69, 9.17) is 0 Å². The molecular weight excluding hydrogens is 311 g/mol. The van der Waals surface area contributed by atoms with Gasteiger partial charge in [-0.05, 0) is 19.8 Å². The summed E-state index contributed by atoms with van der Waals surface area (Å²) in [7, 11) is 1.58. The predicted octanol–water partition coefficient (Wildman–Crippen LogP) is 3.60. The summed E-state index contributed by atoms with van der Waals surface area (Å²) in [5.41, 5.74) is 0. The Hall–Kier alpha value is -0.260. The molecular formula is C12H19BrF3NO. The van der Waals surface area contributed by atoms with Crippen LogP contribution >= 0.6 is 15.9 Å². The van der Waals surface area contributed by atoms with Gasteiger partial charge in [0.2, 0.25) is 5.91 Å². The Morgan fingerprint density at radius 3 is 2.44 bits per heavy atom. The van der Waals surface area contributed by atoms with E-state index in [-0.39, 0.29) is 18.4 Å². The molecule has 1 saturated carbocycles. The van der Waals surface area contributed by atoms with Gasteiger partial charge < -0.3 is 4.90 Å². The molecule has 0 aromatic rings. The van der Waals surface area contributed by atoms with Gasteiger partial charge in [-0.25, -0.2) is 0 Å². The third-order valence-corrected chi connectivity index (χ3v) is 4.67. The van der Waals surface area contributed by atoms with E-state index < -0.39 is 18.0 Å². The van der Waals surface area contributed by atoms with Crippen molar-refractivity contribution in [3.8, 4) is 0 Å². The summed E-state index contributed by atoms with van der Waals surface area (Å²) in [6.45, 7) is 1.82. The van der Waals surface area contributed by atoms with Crippen LogP contribution in [0.1, 0.15) is 32.6 Å². The molecule has 0 spiro atoms. The van der Waals surface area contributed by atoms with Crippen molar-refractivity contribution in [1.29, 1.82) is 0 Å². The predicted molar refractivity (Wildman–Crippen MR) is 67.5 cm³/mol. The SMILES string of the molecule is CC(CBr)N(C)C(=O)C1CCCCC1C(F)(F)F. The van der Waals surface area contributed by atoms with Gasteiger partial charge in [0.05, 0.1) is 5.92 Å². The maximum Gasteiger partial charge on any atom is 0.392 e. The number of nitrogens with zero attached hydrogens (tertiary/aromatic N) is 1. The van der Waals surface area contributed by atoms with Crippen LogP contribution in [0.25, 0.3) is 0 Å². The van der Waals surface area contributed by atoms with E-state index in [0.29, 0.717) is 24.6 Å². The molecule has 1 aliphatic rings. The molecule has 1 amide bonds. The van der Waals surface area contributed by atoms with Crippen LogP contribution in [0.5, 0.6) is 0 Å². The number of alkyl halides is 4. The van der Waals surface area contributed by atoms with Crippen molar-refractivity contribution in [3.63, 3.8) is 0 Å². The monoisotopic (exact) mass is 329 g/mol. The molecule has 0 aromatic carbocycles. The lowest BCUT2D eigenvalue weighted by atomic mass is 9.78. The summed E-state index contributed by atoms with van der Waals surface area (Å²) in [6.07, 6.45) is -2.57. The van der Waals surface area contributed by atoms with Crippen LogP contribution in [-0.2, 0) is 4.79 Å². The van der Waals surface area contributed by atoms with Crippen molar-refractivity contribution in [2.75, 3.05) is 12.4 Å². The van der Waals surface area contributed by atoms with Crippen LogP contribution < -0.4 is 0 Å². The van der Waals surface area contributed by atoms with Crippen LogP contribution in [0.2, 0.25) is 0 Å². The number of rotatable bonds is 3. The molecule has 0 saturated heterocycles. The quantitative estimate of drug-likeness (QED) is 0.724. The molecule has 0 heterocycles. The minimum Gasteiger partial charge on any atom is -0.342 e. The second-order valence-electron chi connectivity index (χ2n) is 4.99. The van der Waals surface area contributed by atoms with Crippen molar-refractivity contribution >= 4 is 21.8 Å². The fraction of sp³-hybridized carbons (Fsp3) is 0.917. The first-order chi connectivity index (χ1) is 8.29. The summed E-state index contributed by atoms with van der Waals surface area (Å²) in [6, 6.07) is -0.0895. The van der Waals surface area contributed by atoms with E-state index in [1.807, 2.05) is 6.92 Å². The Labute approximate surface area is 114 Å². The van der Waals surface area contributed by atoms with Crippen LogP contribution in [0.3, 0.4) is 0 Å². The van der Waals surface area contributed by atoms with E-state index >= 15 is 0 Å². The highest BCUT2D eigenvalue weighted by Gasteiger charge is 2.48. The lowest BCUT2D eigenvalue weighted by Gasteiger charge is -2.36. The van der Waals surface area contributed by atoms with Crippen molar-refractivity contribution in [3.05, 3.63) is 0 Å². The first-order valence-electron chi connectivity index (χ1n) is 6.18. The van der Waals surface area contributed by atoms with E-state index in [9.17, 15) is 18.0 Å². The molecule has 1 fully saturated rings. The van der Waals surface area contributed by atoms with Gasteiger partial charge in [0.25, 0.3) is 0 Å². The number of carbonyl (C=O) groups excluding carboxylic acids is 1. The summed E-state index contributed by atoms with van der Waals surface area (Å²) in [5.74, 6) is -2.74. The van der Waals surface area contributed by atoms with Crippen LogP contribution in [-0.4, -0.2) is 35.4 Å². The van der Waals surface area contributed by atoms with Gasteiger partial charge in [0.15, 0.2) is 0 Å². The minimum atomic E-state index is -4.26. The van der Waals surface area contributed by atoms with Gasteiger partial charge in [0.1, 0.15) is 0 Å². The minimum absolute atomic E-state index is 0.0798. The molecule has 0 bridgehead atoms. The summed E-state index contributed by atoms with van der Waals surface area (Å²) in [5, 5.41) is 0.568. The molecule has 1 rings (SSSR count). The average molecular weight is 330 g/mol. The highest BCUT2D eigenvalue weighted by atomic mass is 79.9. The highest BCUT2D eigenvalue weighted by Crippen LogP contribution is 2.42. The average Bonchev–Trinajstić information content (AvgIpc) is 2.35. The molecule has 3 atom stereocenters. The van der Waals surface area contributed by atoms with Gasteiger partial charge >= 0.3 is 6.18 Å². The lowest BCUT2D eigenvalue weighted by Crippen LogP contribution is -2.46. The van der Waals surface area contributed by atoms with Crippen LogP contribution in [0.4, 0.5) is 13.2 Å². The summed E-state index contributed by atoms with van der Waals surface area (Å²) in [4.78, 5) is 13.6. The van der Waals surface area contributed by atoms with Gasteiger partial charge in [-0.2, -0.15) is 13.2 Å². The summed E-state index contributed by atoms with van der Waals surface area (Å²) < 4.78 is 38.8. The fourth-order valence-electron chi connectivity index (χ4n) is 2.40. The third-order valence-electron chi connectivity index (χ3n) is 3.74. The van der Waals surface area contributed by atoms with Crippen molar-refractivity contribution in [1.82, 2.24) is 4.90 Å². The number of hydrogen-bond acceptors (Lipinski definition) is 1. The number of halogens is 4. The maximum atomic E-state index is 12.9. The zero-order chi connectivity index (χ0) is 13.9. The van der Waals surface area contributed by atoms with Gasteiger partial charge in [-0.15, -0.1) is 0 Å². The Morgan fingerprint density at radius 2 is 1.94 bits per heavy atom. The second-order valence-corrected chi connectivity index (χ2v) is 5.64. The maximum absolute atomic E-state index is 12.9. The van der Waals surface area contributed by atoms with Gasteiger partial charge in [-0.1, -0.05) is 28.8 Å². The van der Waals surface area contributed by atoms with Crippen LogP contribution in [0, 0.1) is 11.8 Å². The highest BCUT2D eigenvalue weighted by molar-refractivity contribution is 9.09. The normalized spacial score (nSPS) is 26.8. The molecule has 0 aromatic heterocycles. The molecule has 0 radical (unpaired) electrons. The first-order valence-corrected chi connectivity index (χ1v) is 7.30. The lowest BCUT2D eigenvalue weighted by molar-refractivity contribution is -0.200. The van der Waals surface area contributed by atoms with Crippen LogP contribution in [0.15, 0.2) is 0 Å². The Kier molecular flexibility index (Phi) is 5.49. The Balaban J connectivity index is 2.81. The largest absolute Gasteiger partial charge is 0.392 e. The van der Waals surface area contributed by atoms with Gasteiger partial charge in [0, 0.05) is 24.3 Å². The number of hydrogen-bond donors (Lipinski definition) is 0. The van der Waals surface area contributed by atoms with E-state index in [0.717, 1.165) is 0 Å². The van der Waals surface area contributed by atoms with E-state index in [1.54, 1.807) is 7.05 Å². The molecule has 18 heavy (non-hydrogen) atoms. The summed E-state index contributed by atoms with van der Waals surface area (Å²) >= 11 is 3.25. The zero-order valence-electron chi connectivity index (χ0n) is 10.6. The first kappa shape index (κ1) is 15.8. The Bertz CT molecular complexity index is 296. The fourth-order valence-corrected chi connectivity index (χ4v) is 2.83. The smallest absolute Gasteiger partial charge is 0.342 e. The topological polar surface area (TPSA) is 20.3 Å². The second kappa shape index (κ2) is 6.26. The molecule has 2 nitrogen and oxygen atoms in total. The van der Waals surface area contributed by atoms with E-state index in [2.05, 4.69) is 15.9 Å². The standard InChI is InChI=1S/C12H19BrF3NO/c1-8(7-13)17(2)11(18)9-5-3-4-6-10(9)12(14,15)16/h8-10H,3-7H2,1-2H3. The van der Waals surface area contributed by atoms with E-state index in [1.165, 1.54) is 4.90 Å². The van der Waals surface area contributed by atoms with Crippen molar-refractivity contribution in [2.45, 2.75) is 44.8 Å². The molecule has 0 aliphatic heterocycles. The number of amides is 1. The molecule has 3 unspecified atom stereocenters. The zero-order valence-corrected chi connectivity index (χ0v) is 12.2. The molecule has 106 valence electrons. The number of carbonyl (C=O) groups is 1. The Morgan fingerprint density at radius 1 is 1.39 bits per heavy atom. The molecule has 6 heteroatoms. The molecule has 0 N–H and O–H groups in total.